The van der Waals surface area contributed by atoms with Crippen molar-refractivity contribution in [3.63, 3.8) is 0 Å². The van der Waals surface area contributed by atoms with Gasteiger partial charge in [-0.25, -0.2) is 9.59 Å². The van der Waals surface area contributed by atoms with Crippen LogP contribution in [0.5, 0.6) is 0 Å². The summed E-state index contributed by atoms with van der Waals surface area (Å²) < 4.78 is 10.6. The minimum absolute atomic E-state index is 0.293. The molecule has 1 saturated carbocycles. The quantitative estimate of drug-likeness (QED) is 0.797. The fourth-order valence-corrected chi connectivity index (χ4v) is 2.67. The lowest BCUT2D eigenvalue weighted by molar-refractivity contribution is -0.146. The molecule has 0 spiro atoms. The number of aliphatic carboxylic acids is 1. The number of hydrogen-bond acceptors (Lipinski definition) is 4. The molecule has 2 N–H and O–H groups in total. The van der Waals surface area contributed by atoms with Crippen LogP contribution in [0.1, 0.15) is 32.1 Å². The number of carboxylic acid groups (broad SMARTS) is 1. The first-order valence-corrected chi connectivity index (χ1v) is 7.03. The van der Waals surface area contributed by atoms with Crippen LogP contribution >= 0.6 is 0 Å². The maximum absolute atomic E-state index is 12.1. The Morgan fingerprint density at radius 3 is 2.40 bits per heavy atom. The highest BCUT2D eigenvalue weighted by atomic mass is 16.7. The zero-order valence-corrected chi connectivity index (χ0v) is 11.8. The van der Waals surface area contributed by atoms with Gasteiger partial charge in [0.15, 0.2) is 6.29 Å². The Morgan fingerprint density at radius 2 is 1.85 bits per heavy atom. The molecule has 114 valence electrons. The van der Waals surface area contributed by atoms with E-state index in [1.807, 2.05) is 0 Å². The van der Waals surface area contributed by atoms with Gasteiger partial charge in [0.2, 0.25) is 0 Å². The molecular formula is C13H22N2O5. The number of likely N-dealkylation sites (N-methyl/N-ethyl adjacent to an activating group) is 1. The number of nitrogens with zero attached hydrogens (tertiary/aromatic N) is 1. The maximum Gasteiger partial charge on any atom is 0.329 e. The summed E-state index contributed by atoms with van der Waals surface area (Å²) in [5.74, 6) is -0.952. The van der Waals surface area contributed by atoms with E-state index in [4.69, 9.17) is 9.47 Å². The first kappa shape index (κ1) is 15.1. The predicted molar refractivity (Wildman–Crippen MR) is 70.3 cm³/mol. The second-order valence-corrected chi connectivity index (χ2v) is 5.43. The van der Waals surface area contributed by atoms with E-state index in [1.165, 1.54) is 4.90 Å². The monoisotopic (exact) mass is 286 g/mol. The van der Waals surface area contributed by atoms with E-state index in [9.17, 15) is 14.7 Å². The minimum atomic E-state index is -1.12. The van der Waals surface area contributed by atoms with Crippen molar-refractivity contribution in [3.8, 4) is 0 Å². The smallest absolute Gasteiger partial charge is 0.329 e. The number of hydrogen-bond donors (Lipinski definition) is 2. The van der Waals surface area contributed by atoms with Crippen molar-refractivity contribution < 1.29 is 24.2 Å². The normalized spacial score (nSPS) is 22.4. The van der Waals surface area contributed by atoms with Gasteiger partial charge in [-0.2, -0.15) is 0 Å². The van der Waals surface area contributed by atoms with E-state index in [-0.39, 0.29) is 0 Å². The zero-order valence-electron chi connectivity index (χ0n) is 11.8. The maximum atomic E-state index is 12.1. The van der Waals surface area contributed by atoms with E-state index in [1.54, 1.807) is 7.05 Å². The van der Waals surface area contributed by atoms with Crippen LogP contribution in [0.25, 0.3) is 0 Å². The summed E-state index contributed by atoms with van der Waals surface area (Å²) in [7, 11) is 1.61. The Morgan fingerprint density at radius 1 is 1.25 bits per heavy atom. The van der Waals surface area contributed by atoms with Crippen molar-refractivity contribution >= 4 is 12.0 Å². The molecule has 1 aliphatic heterocycles. The van der Waals surface area contributed by atoms with Crippen molar-refractivity contribution in [2.24, 2.45) is 0 Å². The highest BCUT2D eigenvalue weighted by Crippen LogP contribution is 2.28. The van der Waals surface area contributed by atoms with Crippen molar-refractivity contribution in [2.45, 2.75) is 43.9 Å². The molecule has 0 bridgehead atoms. The molecule has 0 aromatic rings. The summed E-state index contributed by atoms with van der Waals surface area (Å²) in [6.45, 7) is 1.35. The van der Waals surface area contributed by atoms with Gasteiger partial charge < -0.3 is 24.8 Å². The molecule has 2 rings (SSSR count). The van der Waals surface area contributed by atoms with Gasteiger partial charge in [-0.3, -0.25) is 0 Å². The van der Waals surface area contributed by atoms with Crippen LogP contribution in [-0.2, 0) is 14.3 Å². The van der Waals surface area contributed by atoms with Crippen LogP contribution in [0.2, 0.25) is 0 Å². The molecule has 1 aliphatic carbocycles. The lowest BCUT2D eigenvalue weighted by Crippen LogP contribution is -2.58. The Kier molecular flexibility index (Phi) is 4.82. The van der Waals surface area contributed by atoms with Gasteiger partial charge >= 0.3 is 12.0 Å². The van der Waals surface area contributed by atoms with Crippen molar-refractivity contribution in [1.29, 1.82) is 0 Å². The summed E-state index contributed by atoms with van der Waals surface area (Å²) in [6, 6.07) is -0.395. The third-order valence-corrected chi connectivity index (χ3v) is 3.92. The van der Waals surface area contributed by atoms with Gasteiger partial charge in [0.25, 0.3) is 0 Å². The molecule has 2 aliphatic rings. The van der Waals surface area contributed by atoms with Crippen LogP contribution in [0.3, 0.4) is 0 Å². The van der Waals surface area contributed by atoms with E-state index in [2.05, 4.69) is 5.32 Å². The zero-order chi connectivity index (χ0) is 14.6. The summed E-state index contributed by atoms with van der Waals surface area (Å²) in [4.78, 5) is 25.1. The molecule has 7 nitrogen and oxygen atoms in total. The van der Waals surface area contributed by atoms with Crippen LogP contribution in [0, 0.1) is 0 Å². The lowest BCUT2D eigenvalue weighted by atomic mass is 9.82. The molecule has 0 aromatic carbocycles. The standard InChI is InChI=1S/C13H22N2O5/c1-15(9-10-19-7-8-20-10)12(18)14-13(11(16)17)5-3-2-4-6-13/h10H,2-9H2,1H3,(H,14,18)(H,16,17). The average Bonchev–Trinajstić information content (AvgIpc) is 2.92. The van der Waals surface area contributed by atoms with Gasteiger partial charge in [0, 0.05) is 7.05 Å². The third kappa shape index (κ3) is 3.40. The Labute approximate surface area is 118 Å². The van der Waals surface area contributed by atoms with Gasteiger partial charge in [0.1, 0.15) is 5.54 Å². The number of carbonyl (C=O) groups excluding carboxylic acids is 1. The molecule has 0 unspecified atom stereocenters. The predicted octanol–water partition coefficient (Wildman–Crippen LogP) is 0.788. The third-order valence-electron chi connectivity index (χ3n) is 3.92. The van der Waals surface area contributed by atoms with Crippen molar-refractivity contribution in [1.82, 2.24) is 10.2 Å². The average molecular weight is 286 g/mol. The molecule has 0 radical (unpaired) electrons. The summed E-state index contributed by atoms with van der Waals surface area (Å²) in [6.07, 6.45) is 3.22. The number of amides is 2. The number of ether oxygens (including phenoxy) is 2. The van der Waals surface area contributed by atoms with Crippen LogP contribution < -0.4 is 5.32 Å². The van der Waals surface area contributed by atoms with E-state index < -0.39 is 23.8 Å². The Bertz CT molecular complexity index is 362. The number of carbonyl (C=O) groups is 2. The van der Waals surface area contributed by atoms with Gasteiger partial charge in [-0.1, -0.05) is 19.3 Å². The van der Waals surface area contributed by atoms with Crippen LogP contribution in [-0.4, -0.2) is 60.6 Å². The van der Waals surface area contributed by atoms with Crippen LogP contribution in [0.15, 0.2) is 0 Å². The van der Waals surface area contributed by atoms with E-state index in [0.29, 0.717) is 32.6 Å². The van der Waals surface area contributed by atoms with E-state index >= 15 is 0 Å². The molecule has 1 saturated heterocycles. The Hall–Kier alpha value is -1.34. The fourth-order valence-electron chi connectivity index (χ4n) is 2.67. The molecule has 0 aromatic heterocycles. The van der Waals surface area contributed by atoms with Crippen molar-refractivity contribution in [2.75, 3.05) is 26.8 Å². The molecule has 2 amide bonds. The first-order valence-electron chi connectivity index (χ1n) is 7.03. The summed E-state index contributed by atoms with van der Waals surface area (Å²) in [5.41, 5.74) is -1.12. The van der Waals surface area contributed by atoms with Crippen LogP contribution in [0.4, 0.5) is 4.79 Å². The lowest BCUT2D eigenvalue weighted by Gasteiger charge is -2.35. The molecule has 2 fully saturated rings. The number of rotatable bonds is 4. The molecule has 1 heterocycles. The highest BCUT2D eigenvalue weighted by molar-refractivity contribution is 5.86. The molecule has 0 atom stereocenters. The molecule has 7 heteroatoms. The topological polar surface area (TPSA) is 88.1 Å². The molecule has 20 heavy (non-hydrogen) atoms. The van der Waals surface area contributed by atoms with Crippen molar-refractivity contribution in [3.05, 3.63) is 0 Å². The highest BCUT2D eigenvalue weighted by Gasteiger charge is 2.41. The van der Waals surface area contributed by atoms with Gasteiger partial charge in [0.05, 0.1) is 19.8 Å². The number of nitrogens with one attached hydrogen (secondary N) is 1. The van der Waals surface area contributed by atoms with Gasteiger partial charge in [-0.05, 0) is 12.8 Å². The summed E-state index contributed by atoms with van der Waals surface area (Å²) >= 11 is 0. The number of carboxylic acids is 1. The second kappa shape index (κ2) is 6.41. The fraction of sp³-hybridized carbons (Fsp3) is 0.846. The van der Waals surface area contributed by atoms with Gasteiger partial charge in [-0.15, -0.1) is 0 Å². The van der Waals surface area contributed by atoms with E-state index in [0.717, 1.165) is 19.3 Å². The first-order chi connectivity index (χ1) is 9.53. The molecular weight excluding hydrogens is 264 g/mol. The second-order valence-electron chi connectivity index (χ2n) is 5.43. The SMILES string of the molecule is CN(CC1OCCO1)C(=O)NC1(C(=O)O)CCCCC1. The largest absolute Gasteiger partial charge is 0.480 e. The summed E-state index contributed by atoms with van der Waals surface area (Å²) in [5, 5.41) is 12.1. The Balaban J connectivity index is 1.91. The number of urea groups is 1. The minimum Gasteiger partial charge on any atom is -0.480 e.